The number of benzene rings is 3. The number of H-pyrrole nitrogens is 1. The molecule has 0 fully saturated rings. The lowest BCUT2D eigenvalue weighted by Gasteiger charge is -1.89. The molecule has 0 unspecified atom stereocenters. The molecule has 0 aliphatic carbocycles. The number of aromatic nitrogens is 1. The first-order chi connectivity index (χ1) is 10.2. The molecule has 0 amide bonds. The van der Waals surface area contributed by atoms with E-state index in [2.05, 4.69) is 53.5 Å². The third-order valence-corrected chi connectivity index (χ3v) is 3.24. The number of phenols is 2. The van der Waals surface area contributed by atoms with E-state index in [1.54, 1.807) is 6.07 Å². The second-order valence-corrected chi connectivity index (χ2v) is 4.74. The molecule has 4 rings (SSSR count). The van der Waals surface area contributed by atoms with Crippen molar-refractivity contribution >= 4 is 21.8 Å². The average molecular weight is 277 g/mol. The summed E-state index contributed by atoms with van der Waals surface area (Å²) in [6.45, 7) is 0. The zero-order valence-electron chi connectivity index (χ0n) is 11.3. The van der Waals surface area contributed by atoms with Crippen molar-refractivity contribution in [3.05, 3.63) is 72.8 Å². The molecule has 0 spiro atoms. The summed E-state index contributed by atoms with van der Waals surface area (Å²) < 4.78 is 0. The average Bonchev–Trinajstić information content (AvgIpc) is 2.86. The lowest BCUT2D eigenvalue weighted by atomic mass is 10.2. The molecule has 0 saturated heterocycles. The topological polar surface area (TPSA) is 56.2 Å². The van der Waals surface area contributed by atoms with Gasteiger partial charge in [0.2, 0.25) is 0 Å². The minimum Gasteiger partial charge on any atom is -0.508 e. The summed E-state index contributed by atoms with van der Waals surface area (Å²) in [7, 11) is 0. The lowest BCUT2D eigenvalue weighted by Crippen LogP contribution is -1.62. The Labute approximate surface area is 122 Å². The molecule has 0 bridgehead atoms. The molecule has 4 aromatic rings. The van der Waals surface area contributed by atoms with Gasteiger partial charge in [-0.25, -0.2) is 0 Å². The number of para-hydroxylation sites is 2. The van der Waals surface area contributed by atoms with E-state index in [0.29, 0.717) is 0 Å². The van der Waals surface area contributed by atoms with Crippen LogP contribution < -0.4 is 0 Å². The van der Waals surface area contributed by atoms with Gasteiger partial charge in [-0.15, -0.1) is 0 Å². The fourth-order valence-corrected chi connectivity index (χ4v) is 2.29. The zero-order valence-corrected chi connectivity index (χ0v) is 11.3. The maximum absolute atomic E-state index is 8.65. The number of phenolic OH excluding ortho intramolecular Hbond substituents is 2. The molecule has 3 N–H and O–H groups in total. The Bertz CT molecular complexity index is 813. The fraction of sp³-hybridized carbons (Fsp3) is 0. The van der Waals surface area contributed by atoms with Gasteiger partial charge < -0.3 is 15.2 Å². The smallest absolute Gasteiger partial charge is 0.119 e. The predicted octanol–water partition coefficient (Wildman–Crippen LogP) is 4.42. The Morgan fingerprint density at radius 2 is 1.05 bits per heavy atom. The number of aromatic hydroxyl groups is 2. The Morgan fingerprint density at radius 3 is 1.48 bits per heavy atom. The number of aromatic amines is 1. The van der Waals surface area contributed by atoms with E-state index in [1.807, 2.05) is 0 Å². The van der Waals surface area contributed by atoms with Gasteiger partial charge in [-0.1, -0.05) is 42.5 Å². The molecule has 0 radical (unpaired) electrons. The number of hydrogen-bond acceptors (Lipinski definition) is 2. The van der Waals surface area contributed by atoms with Gasteiger partial charge in [0.25, 0.3) is 0 Å². The molecule has 0 atom stereocenters. The van der Waals surface area contributed by atoms with E-state index in [0.717, 1.165) is 0 Å². The van der Waals surface area contributed by atoms with E-state index in [4.69, 9.17) is 10.2 Å². The highest BCUT2D eigenvalue weighted by Gasteiger charge is 2.00. The van der Waals surface area contributed by atoms with Crippen molar-refractivity contribution in [3.8, 4) is 11.5 Å². The van der Waals surface area contributed by atoms with E-state index in [9.17, 15) is 0 Å². The Kier molecular flexibility index (Phi) is 3.48. The molecule has 1 aromatic heterocycles. The van der Waals surface area contributed by atoms with Crippen LogP contribution in [-0.2, 0) is 0 Å². The van der Waals surface area contributed by atoms with Gasteiger partial charge in [0.05, 0.1) is 0 Å². The summed E-state index contributed by atoms with van der Waals surface area (Å²) in [5, 5.41) is 19.9. The van der Waals surface area contributed by atoms with Gasteiger partial charge in [0.1, 0.15) is 11.5 Å². The molecule has 3 nitrogen and oxygen atoms in total. The first kappa shape index (κ1) is 13.1. The SMILES string of the molecule is Oc1cccc(O)c1.c1ccc2c(c1)[nH]c1ccccc12. The summed E-state index contributed by atoms with van der Waals surface area (Å²) in [6, 6.07) is 22.6. The van der Waals surface area contributed by atoms with Crippen molar-refractivity contribution in [1.29, 1.82) is 0 Å². The van der Waals surface area contributed by atoms with Gasteiger partial charge in [-0.2, -0.15) is 0 Å². The van der Waals surface area contributed by atoms with Crippen LogP contribution in [0.25, 0.3) is 21.8 Å². The summed E-state index contributed by atoms with van der Waals surface area (Å²) in [5.74, 6) is 0.176. The van der Waals surface area contributed by atoms with Gasteiger partial charge in [-0.05, 0) is 24.3 Å². The third kappa shape index (κ3) is 2.82. The zero-order chi connectivity index (χ0) is 14.7. The molecule has 3 heteroatoms. The highest BCUT2D eigenvalue weighted by Crippen LogP contribution is 2.24. The highest BCUT2D eigenvalue weighted by molar-refractivity contribution is 6.06. The van der Waals surface area contributed by atoms with Gasteiger partial charge in [0.15, 0.2) is 0 Å². The van der Waals surface area contributed by atoms with E-state index in [-0.39, 0.29) is 11.5 Å². The van der Waals surface area contributed by atoms with Crippen LogP contribution in [0.5, 0.6) is 11.5 Å². The Morgan fingerprint density at radius 1 is 0.571 bits per heavy atom. The van der Waals surface area contributed by atoms with Gasteiger partial charge in [0, 0.05) is 27.9 Å². The number of nitrogens with one attached hydrogen (secondary N) is 1. The summed E-state index contributed by atoms with van der Waals surface area (Å²) in [6.07, 6.45) is 0. The molecule has 21 heavy (non-hydrogen) atoms. The number of rotatable bonds is 0. The maximum atomic E-state index is 8.65. The molecule has 104 valence electrons. The molecule has 0 saturated carbocycles. The van der Waals surface area contributed by atoms with E-state index in [1.165, 1.54) is 40.0 Å². The lowest BCUT2D eigenvalue weighted by molar-refractivity contribution is 0.450. The summed E-state index contributed by atoms with van der Waals surface area (Å²) in [4.78, 5) is 3.38. The second kappa shape index (κ2) is 5.59. The van der Waals surface area contributed by atoms with Crippen molar-refractivity contribution in [1.82, 2.24) is 4.98 Å². The Hall–Kier alpha value is -2.94. The Balaban J connectivity index is 0.000000143. The van der Waals surface area contributed by atoms with Gasteiger partial charge >= 0.3 is 0 Å². The number of fused-ring (bicyclic) bond motifs is 3. The molecule has 1 heterocycles. The standard InChI is InChI=1S/C12H9N.C6H6O2/c1-3-7-11-9(5-1)10-6-2-4-8-12(10)13-11;7-5-2-1-3-6(8)4-5/h1-8,13H;1-4,7-8H. The predicted molar refractivity (Wildman–Crippen MR) is 85.6 cm³/mol. The van der Waals surface area contributed by atoms with Crippen LogP contribution in [-0.4, -0.2) is 15.2 Å². The minimum absolute atomic E-state index is 0.0880. The van der Waals surface area contributed by atoms with Crippen molar-refractivity contribution in [2.45, 2.75) is 0 Å². The fourth-order valence-electron chi connectivity index (χ4n) is 2.29. The quantitative estimate of drug-likeness (QED) is 0.445. The van der Waals surface area contributed by atoms with Crippen molar-refractivity contribution in [2.75, 3.05) is 0 Å². The third-order valence-electron chi connectivity index (χ3n) is 3.24. The highest BCUT2D eigenvalue weighted by atomic mass is 16.3. The van der Waals surface area contributed by atoms with Crippen LogP contribution in [0.2, 0.25) is 0 Å². The molecule has 3 aromatic carbocycles. The van der Waals surface area contributed by atoms with Crippen molar-refractivity contribution in [2.24, 2.45) is 0 Å². The summed E-state index contributed by atoms with van der Waals surface area (Å²) >= 11 is 0. The van der Waals surface area contributed by atoms with Crippen molar-refractivity contribution < 1.29 is 10.2 Å². The molecular formula is C18H15NO2. The van der Waals surface area contributed by atoms with Crippen LogP contribution in [0.4, 0.5) is 0 Å². The maximum Gasteiger partial charge on any atom is 0.119 e. The van der Waals surface area contributed by atoms with Crippen LogP contribution in [0, 0.1) is 0 Å². The van der Waals surface area contributed by atoms with Crippen LogP contribution in [0.15, 0.2) is 72.8 Å². The largest absolute Gasteiger partial charge is 0.508 e. The van der Waals surface area contributed by atoms with Crippen LogP contribution >= 0.6 is 0 Å². The normalized spacial score (nSPS) is 10.3. The number of hydrogen-bond donors (Lipinski definition) is 3. The van der Waals surface area contributed by atoms with Gasteiger partial charge in [-0.3, -0.25) is 0 Å². The second-order valence-electron chi connectivity index (χ2n) is 4.74. The summed E-state index contributed by atoms with van der Waals surface area (Å²) in [5.41, 5.74) is 2.42. The molecule has 0 aliphatic heterocycles. The first-order valence-electron chi connectivity index (χ1n) is 6.67. The van der Waals surface area contributed by atoms with Crippen LogP contribution in [0.3, 0.4) is 0 Å². The first-order valence-corrected chi connectivity index (χ1v) is 6.67. The monoisotopic (exact) mass is 277 g/mol. The molecule has 0 aliphatic rings. The van der Waals surface area contributed by atoms with Crippen LogP contribution in [0.1, 0.15) is 0 Å². The van der Waals surface area contributed by atoms with E-state index < -0.39 is 0 Å². The minimum atomic E-state index is 0.0880. The van der Waals surface area contributed by atoms with E-state index >= 15 is 0 Å². The van der Waals surface area contributed by atoms with Crippen molar-refractivity contribution in [3.63, 3.8) is 0 Å². The molecular weight excluding hydrogens is 262 g/mol.